The molecule has 2 atom stereocenters. The molecule has 0 radical (unpaired) electrons. The van der Waals surface area contributed by atoms with Crippen molar-refractivity contribution in [3.8, 4) is 45.5 Å². The number of piperidine rings is 1. The molecule has 250 valence electrons. The van der Waals surface area contributed by atoms with Gasteiger partial charge >= 0.3 is 0 Å². The molecule has 2 fully saturated rings. The second-order valence-electron chi connectivity index (χ2n) is 13.5. The third kappa shape index (κ3) is 5.50. The van der Waals surface area contributed by atoms with Crippen LogP contribution < -0.4 is 15.2 Å². The quantitative estimate of drug-likeness (QED) is 0.194. The van der Waals surface area contributed by atoms with Crippen LogP contribution in [0.3, 0.4) is 0 Å². The number of imidazole rings is 1. The minimum atomic E-state index is -0.0460. The number of likely N-dealkylation sites (tertiary alicyclic amines) is 1. The van der Waals surface area contributed by atoms with E-state index in [0.29, 0.717) is 35.2 Å². The minimum Gasteiger partial charge on any atom is -0.494 e. The third-order valence-corrected chi connectivity index (χ3v) is 10.1. The first kappa shape index (κ1) is 31.1. The Bertz CT molecular complexity index is 2200. The molecule has 2 aromatic carbocycles. The van der Waals surface area contributed by atoms with Crippen LogP contribution in [0.25, 0.3) is 56.0 Å². The molecular formula is C39H41N7O3. The predicted molar refractivity (Wildman–Crippen MR) is 192 cm³/mol. The van der Waals surface area contributed by atoms with Gasteiger partial charge in [0.1, 0.15) is 16.9 Å². The fourth-order valence-electron chi connectivity index (χ4n) is 7.30. The molecule has 1 saturated heterocycles. The van der Waals surface area contributed by atoms with Gasteiger partial charge in [0, 0.05) is 49.4 Å². The summed E-state index contributed by atoms with van der Waals surface area (Å²) in [5.74, 6) is 2.46. The first-order chi connectivity index (χ1) is 23.8. The van der Waals surface area contributed by atoms with Crippen LogP contribution in [-0.4, -0.2) is 67.7 Å². The van der Waals surface area contributed by atoms with Crippen LogP contribution in [-0.2, 0) is 13.6 Å². The summed E-state index contributed by atoms with van der Waals surface area (Å²) >= 11 is 0. The van der Waals surface area contributed by atoms with Crippen LogP contribution in [0.1, 0.15) is 43.0 Å². The van der Waals surface area contributed by atoms with Gasteiger partial charge in [-0.25, -0.2) is 15.0 Å². The van der Waals surface area contributed by atoms with Gasteiger partial charge in [-0.3, -0.25) is 4.79 Å². The number of carbonyl (C=O) groups is 1. The van der Waals surface area contributed by atoms with Crippen molar-refractivity contribution in [2.45, 2.75) is 51.2 Å². The largest absolute Gasteiger partial charge is 0.494 e. The first-order valence-corrected chi connectivity index (χ1v) is 17.0. The van der Waals surface area contributed by atoms with Crippen LogP contribution in [0.15, 0.2) is 72.9 Å². The lowest BCUT2D eigenvalue weighted by atomic mass is 9.98. The van der Waals surface area contributed by atoms with Gasteiger partial charge in [0.2, 0.25) is 5.88 Å². The fraction of sp³-hybridized carbons (Fsp3) is 0.333. The molecular weight excluding hydrogens is 614 g/mol. The highest BCUT2D eigenvalue weighted by molar-refractivity contribution is 6.00. The van der Waals surface area contributed by atoms with Crippen molar-refractivity contribution in [1.29, 1.82) is 0 Å². The summed E-state index contributed by atoms with van der Waals surface area (Å²) in [5, 5.41) is 1.02. The number of hydrogen-bond acceptors (Lipinski definition) is 7. The molecule has 10 heteroatoms. The van der Waals surface area contributed by atoms with E-state index in [1.807, 2.05) is 54.4 Å². The number of nitrogens with zero attached hydrogens (tertiary/aromatic N) is 6. The smallest absolute Gasteiger partial charge is 0.254 e. The summed E-state index contributed by atoms with van der Waals surface area (Å²) in [4.78, 5) is 30.7. The van der Waals surface area contributed by atoms with Crippen molar-refractivity contribution in [1.82, 2.24) is 29.0 Å². The summed E-state index contributed by atoms with van der Waals surface area (Å²) in [7, 11) is 5.29. The number of rotatable bonds is 8. The van der Waals surface area contributed by atoms with Gasteiger partial charge in [0.15, 0.2) is 5.82 Å². The lowest BCUT2D eigenvalue weighted by molar-refractivity contribution is 0.0612. The summed E-state index contributed by atoms with van der Waals surface area (Å²) in [6.07, 6.45) is 5.97. The number of fused-ring (bicyclic) bond motifs is 2. The second kappa shape index (κ2) is 12.3. The van der Waals surface area contributed by atoms with Crippen molar-refractivity contribution in [3.05, 3.63) is 78.5 Å². The number of methoxy groups -OCH3 is 2. The average molecular weight is 656 g/mol. The van der Waals surface area contributed by atoms with Crippen LogP contribution in [0, 0.1) is 5.92 Å². The van der Waals surface area contributed by atoms with E-state index in [2.05, 4.69) is 45.3 Å². The summed E-state index contributed by atoms with van der Waals surface area (Å²) in [5.41, 5.74) is 13.9. The molecule has 10 nitrogen and oxygen atoms in total. The van der Waals surface area contributed by atoms with Gasteiger partial charge < -0.3 is 29.2 Å². The molecule has 0 bridgehead atoms. The van der Waals surface area contributed by atoms with Crippen LogP contribution in [0.2, 0.25) is 0 Å². The molecule has 6 aromatic rings. The summed E-state index contributed by atoms with van der Waals surface area (Å²) in [6.45, 7) is 3.47. The van der Waals surface area contributed by atoms with Gasteiger partial charge in [0.05, 0.1) is 36.7 Å². The van der Waals surface area contributed by atoms with Crippen molar-refractivity contribution in [2.75, 3.05) is 20.8 Å². The normalized spacial score (nSPS) is 17.9. The Hall–Kier alpha value is -5.22. The molecule has 1 saturated carbocycles. The number of amides is 1. The van der Waals surface area contributed by atoms with Crippen molar-refractivity contribution >= 4 is 28.0 Å². The fourth-order valence-corrected chi connectivity index (χ4v) is 7.30. The Kier molecular flexibility index (Phi) is 7.83. The van der Waals surface area contributed by atoms with Crippen LogP contribution in [0.5, 0.6) is 11.6 Å². The first-order valence-electron chi connectivity index (χ1n) is 17.0. The van der Waals surface area contributed by atoms with E-state index in [1.165, 1.54) is 12.8 Å². The molecule has 1 aliphatic heterocycles. The maximum atomic E-state index is 13.8. The molecule has 0 spiro atoms. The van der Waals surface area contributed by atoms with E-state index in [0.717, 1.165) is 69.8 Å². The van der Waals surface area contributed by atoms with E-state index in [1.54, 1.807) is 20.4 Å². The van der Waals surface area contributed by atoms with Crippen LogP contribution >= 0.6 is 0 Å². The van der Waals surface area contributed by atoms with Gasteiger partial charge in [-0.05, 0) is 86.1 Å². The number of hydrogen-bond donors (Lipinski definition) is 1. The maximum Gasteiger partial charge on any atom is 0.254 e. The van der Waals surface area contributed by atoms with E-state index < -0.39 is 0 Å². The Labute approximate surface area is 285 Å². The Balaban J connectivity index is 1.27. The Morgan fingerprint density at radius 1 is 0.959 bits per heavy atom. The third-order valence-electron chi connectivity index (χ3n) is 10.1. The topological polar surface area (TPSA) is 113 Å². The standard InChI is InChI=1S/C39H41N7O3/c1-23-10-14-28(40)22-45(23)39(47)27-18-31-35(33(20-27)48-3)44(2)37(43-31)32-19-26-13-15-30(42-36(26)46(32)21-24-11-12-24)34-29(16-17-41-38(34)49-4)25-8-6-5-7-9-25/h5-9,13,15-20,23-24,28H,10-12,14,21-22,40H2,1-4H3/t23-,28+/m0/s1. The maximum absolute atomic E-state index is 13.8. The highest BCUT2D eigenvalue weighted by Gasteiger charge is 2.30. The monoisotopic (exact) mass is 655 g/mol. The van der Waals surface area contributed by atoms with E-state index >= 15 is 0 Å². The molecule has 4 aromatic heterocycles. The highest BCUT2D eigenvalue weighted by atomic mass is 16.5. The molecule has 49 heavy (non-hydrogen) atoms. The zero-order chi connectivity index (χ0) is 33.8. The Morgan fingerprint density at radius 3 is 2.53 bits per heavy atom. The lowest BCUT2D eigenvalue weighted by Crippen LogP contribution is -2.50. The second-order valence-corrected chi connectivity index (χ2v) is 13.5. The van der Waals surface area contributed by atoms with Crippen molar-refractivity contribution in [3.63, 3.8) is 0 Å². The number of aryl methyl sites for hydroxylation is 1. The number of pyridine rings is 2. The molecule has 1 aliphatic carbocycles. The van der Waals surface area contributed by atoms with E-state index in [-0.39, 0.29) is 18.0 Å². The molecule has 8 rings (SSSR count). The van der Waals surface area contributed by atoms with Gasteiger partial charge in [-0.15, -0.1) is 0 Å². The minimum absolute atomic E-state index is 0.0149. The average Bonchev–Trinajstić information content (AvgIpc) is 3.81. The van der Waals surface area contributed by atoms with E-state index in [9.17, 15) is 4.79 Å². The van der Waals surface area contributed by atoms with E-state index in [4.69, 9.17) is 25.2 Å². The number of nitrogens with two attached hydrogens (primary N) is 1. The van der Waals surface area contributed by atoms with Crippen LogP contribution in [0.4, 0.5) is 0 Å². The zero-order valence-corrected chi connectivity index (χ0v) is 28.4. The van der Waals surface area contributed by atoms with Gasteiger partial charge in [0.25, 0.3) is 5.91 Å². The molecule has 2 N–H and O–H groups in total. The number of ether oxygens (including phenoxy) is 2. The molecule has 1 amide bonds. The summed E-state index contributed by atoms with van der Waals surface area (Å²) in [6, 6.07) is 22.4. The number of benzene rings is 2. The zero-order valence-electron chi connectivity index (χ0n) is 28.4. The molecule has 5 heterocycles. The number of carbonyl (C=O) groups excluding carboxylic acids is 1. The Morgan fingerprint density at radius 2 is 1.78 bits per heavy atom. The van der Waals surface area contributed by atoms with Crippen molar-refractivity contribution < 1.29 is 14.3 Å². The SMILES string of the molecule is COc1nccc(-c2ccccc2)c1-c1ccc2cc(-c3nc4cc(C(=O)N5C[C@H](N)CC[C@@H]5C)cc(OC)c4n3C)n(CC3CC3)c2n1. The van der Waals surface area contributed by atoms with Gasteiger partial charge in [-0.2, -0.15) is 0 Å². The van der Waals surface area contributed by atoms with Gasteiger partial charge in [-0.1, -0.05) is 30.3 Å². The highest BCUT2D eigenvalue weighted by Crippen LogP contribution is 2.41. The summed E-state index contributed by atoms with van der Waals surface area (Å²) < 4.78 is 16.0. The molecule has 2 aliphatic rings. The predicted octanol–water partition coefficient (Wildman–Crippen LogP) is 6.70. The lowest BCUT2D eigenvalue weighted by Gasteiger charge is -2.36. The van der Waals surface area contributed by atoms with Crippen molar-refractivity contribution in [2.24, 2.45) is 18.7 Å². The number of aromatic nitrogens is 5. The molecule has 0 unspecified atom stereocenters.